The second-order valence-corrected chi connectivity index (χ2v) is 6.12. The fraction of sp³-hybridized carbons (Fsp3) is 0.412. The van der Waals surface area contributed by atoms with Crippen LogP contribution in [0.5, 0.6) is 0 Å². The summed E-state index contributed by atoms with van der Waals surface area (Å²) in [5.41, 5.74) is 1.50. The Morgan fingerprint density at radius 2 is 2.10 bits per heavy atom. The van der Waals surface area contributed by atoms with E-state index < -0.39 is 0 Å². The number of hydrogen-bond acceptors (Lipinski definition) is 2. The molecule has 20 heavy (non-hydrogen) atoms. The first kappa shape index (κ1) is 14.8. The third-order valence-electron chi connectivity index (χ3n) is 3.13. The zero-order valence-corrected chi connectivity index (χ0v) is 12.6. The summed E-state index contributed by atoms with van der Waals surface area (Å²) in [7, 11) is 0. The number of benzene rings is 1. The average molecular weight is 275 g/mol. The smallest absolute Gasteiger partial charge is 0.170 e. The molecule has 0 atom stereocenters. The summed E-state index contributed by atoms with van der Waals surface area (Å²) >= 11 is 0. The molecule has 1 heterocycles. The van der Waals surface area contributed by atoms with Crippen LogP contribution in [0.1, 0.15) is 39.9 Å². The number of furan rings is 1. The maximum atomic E-state index is 13.6. The second-order valence-electron chi connectivity index (χ2n) is 6.12. The van der Waals surface area contributed by atoms with Gasteiger partial charge in [-0.2, -0.15) is 0 Å². The van der Waals surface area contributed by atoms with Crippen molar-refractivity contribution >= 4 is 16.5 Å². The Bertz CT molecular complexity index is 619. The van der Waals surface area contributed by atoms with Crippen molar-refractivity contribution in [2.75, 3.05) is 6.54 Å². The molecule has 1 aromatic carbocycles. The molecule has 0 bridgehead atoms. The highest BCUT2D eigenvalue weighted by atomic mass is 19.1. The number of hydrogen-bond donors (Lipinski definition) is 1. The minimum atomic E-state index is -0.309. The first-order valence-electron chi connectivity index (χ1n) is 6.97. The van der Waals surface area contributed by atoms with Crippen LogP contribution in [0.3, 0.4) is 0 Å². The van der Waals surface area contributed by atoms with Crippen molar-refractivity contribution in [3.05, 3.63) is 41.9 Å². The van der Waals surface area contributed by atoms with E-state index in [9.17, 15) is 4.39 Å². The molecule has 0 spiro atoms. The highest BCUT2D eigenvalue weighted by molar-refractivity contribution is 5.82. The van der Waals surface area contributed by atoms with Crippen LogP contribution in [0.2, 0.25) is 0 Å². The van der Waals surface area contributed by atoms with Crippen LogP contribution < -0.4 is 5.32 Å². The quantitative estimate of drug-likeness (QED) is 0.814. The molecule has 3 heteroatoms. The Morgan fingerprint density at radius 1 is 1.35 bits per heavy atom. The first-order chi connectivity index (χ1) is 9.37. The van der Waals surface area contributed by atoms with Gasteiger partial charge in [0.05, 0.1) is 0 Å². The van der Waals surface area contributed by atoms with Crippen molar-refractivity contribution in [2.45, 2.75) is 39.7 Å². The van der Waals surface area contributed by atoms with Crippen LogP contribution >= 0.6 is 0 Å². The Kier molecular flexibility index (Phi) is 4.29. The van der Waals surface area contributed by atoms with Gasteiger partial charge in [0.15, 0.2) is 11.4 Å². The van der Waals surface area contributed by atoms with Crippen LogP contribution in [0, 0.1) is 5.82 Å². The van der Waals surface area contributed by atoms with E-state index >= 15 is 0 Å². The molecule has 2 aromatic rings. The highest BCUT2D eigenvalue weighted by Crippen LogP contribution is 2.26. The number of rotatable bonds is 4. The fourth-order valence-electron chi connectivity index (χ4n) is 2.06. The molecule has 1 aromatic heterocycles. The van der Waals surface area contributed by atoms with Gasteiger partial charge in [0.1, 0.15) is 5.76 Å². The zero-order valence-electron chi connectivity index (χ0n) is 12.6. The molecule has 0 saturated carbocycles. The van der Waals surface area contributed by atoms with E-state index in [1.165, 1.54) is 6.07 Å². The van der Waals surface area contributed by atoms with Crippen molar-refractivity contribution in [3.8, 4) is 0 Å². The van der Waals surface area contributed by atoms with Crippen LogP contribution in [-0.2, 0) is 0 Å². The Morgan fingerprint density at radius 3 is 2.75 bits per heavy atom. The van der Waals surface area contributed by atoms with E-state index in [-0.39, 0.29) is 11.4 Å². The lowest BCUT2D eigenvalue weighted by Crippen LogP contribution is -2.36. The maximum absolute atomic E-state index is 13.6. The van der Waals surface area contributed by atoms with Crippen molar-refractivity contribution in [2.24, 2.45) is 0 Å². The summed E-state index contributed by atoms with van der Waals surface area (Å²) in [6, 6.07) is 6.87. The predicted molar refractivity (Wildman–Crippen MR) is 82.2 cm³/mol. The molecular weight excluding hydrogens is 253 g/mol. The van der Waals surface area contributed by atoms with Gasteiger partial charge in [0.2, 0.25) is 0 Å². The van der Waals surface area contributed by atoms with Gasteiger partial charge in [0.25, 0.3) is 0 Å². The largest absolute Gasteiger partial charge is 0.453 e. The summed E-state index contributed by atoms with van der Waals surface area (Å²) in [6.07, 6.45) is 3.04. The van der Waals surface area contributed by atoms with Gasteiger partial charge in [-0.3, -0.25) is 0 Å². The molecule has 0 radical (unpaired) electrons. The zero-order chi connectivity index (χ0) is 14.8. The third kappa shape index (κ3) is 3.70. The van der Waals surface area contributed by atoms with Gasteiger partial charge in [-0.25, -0.2) is 4.39 Å². The minimum Gasteiger partial charge on any atom is -0.453 e. The molecule has 2 nitrogen and oxygen atoms in total. The predicted octanol–water partition coefficient (Wildman–Crippen LogP) is 4.75. The van der Waals surface area contributed by atoms with E-state index in [4.69, 9.17) is 4.42 Å². The summed E-state index contributed by atoms with van der Waals surface area (Å²) < 4.78 is 19.2. The summed E-state index contributed by atoms with van der Waals surface area (Å²) in [5, 5.41) is 4.24. The van der Waals surface area contributed by atoms with E-state index in [0.29, 0.717) is 5.58 Å². The summed E-state index contributed by atoms with van der Waals surface area (Å²) in [4.78, 5) is 0. The molecule has 0 fully saturated rings. The van der Waals surface area contributed by atoms with Gasteiger partial charge < -0.3 is 9.73 Å². The lowest BCUT2D eigenvalue weighted by atomic mass is 10.1. The number of allylic oxidation sites excluding steroid dienone is 1. The first-order valence-corrected chi connectivity index (χ1v) is 6.97. The second kappa shape index (κ2) is 5.80. The number of halogens is 1. The number of para-hydroxylation sites is 1. The van der Waals surface area contributed by atoms with Crippen LogP contribution in [0.4, 0.5) is 4.39 Å². The molecule has 0 aliphatic heterocycles. The SMILES string of the molecule is C/C(=C/CCNC(C)(C)C)c1cc2cccc(F)c2o1. The van der Waals surface area contributed by atoms with Crippen molar-refractivity contribution in [3.63, 3.8) is 0 Å². The Labute approximate surface area is 119 Å². The molecule has 0 unspecified atom stereocenters. The van der Waals surface area contributed by atoms with Gasteiger partial charge in [-0.1, -0.05) is 18.2 Å². The highest BCUT2D eigenvalue weighted by Gasteiger charge is 2.09. The van der Waals surface area contributed by atoms with E-state index in [1.807, 2.05) is 19.1 Å². The van der Waals surface area contributed by atoms with E-state index in [1.54, 1.807) is 6.07 Å². The summed E-state index contributed by atoms with van der Waals surface area (Å²) in [6.45, 7) is 9.34. The molecule has 0 aliphatic rings. The molecule has 108 valence electrons. The van der Waals surface area contributed by atoms with Crippen LogP contribution in [0.15, 0.2) is 34.8 Å². The normalized spacial score (nSPS) is 13.2. The standard InChI is InChI=1S/C17H22FNO/c1-12(7-6-10-19-17(2,3)4)15-11-13-8-5-9-14(18)16(13)20-15/h5,7-9,11,19H,6,10H2,1-4H3/b12-7-. The number of fused-ring (bicyclic) bond motifs is 1. The van der Waals surface area contributed by atoms with Gasteiger partial charge in [-0.05, 0) is 58.4 Å². The average Bonchev–Trinajstić information content (AvgIpc) is 2.79. The van der Waals surface area contributed by atoms with Crippen molar-refractivity contribution < 1.29 is 8.81 Å². The van der Waals surface area contributed by atoms with Crippen molar-refractivity contribution in [1.82, 2.24) is 5.32 Å². The molecule has 2 rings (SSSR count). The van der Waals surface area contributed by atoms with Gasteiger partial charge in [-0.15, -0.1) is 0 Å². The Balaban J connectivity index is 2.07. The molecular formula is C17H22FNO. The third-order valence-corrected chi connectivity index (χ3v) is 3.13. The number of nitrogens with one attached hydrogen (secondary N) is 1. The van der Waals surface area contributed by atoms with Crippen LogP contribution in [-0.4, -0.2) is 12.1 Å². The minimum absolute atomic E-state index is 0.129. The lowest BCUT2D eigenvalue weighted by Gasteiger charge is -2.19. The maximum Gasteiger partial charge on any atom is 0.170 e. The van der Waals surface area contributed by atoms with E-state index in [0.717, 1.165) is 29.7 Å². The molecule has 0 aliphatic carbocycles. The molecule has 0 saturated heterocycles. The van der Waals surface area contributed by atoms with Gasteiger partial charge >= 0.3 is 0 Å². The summed E-state index contributed by atoms with van der Waals surface area (Å²) in [5.74, 6) is 0.428. The molecule has 0 amide bonds. The van der Waals surface area contributed by atoms with Crippen LogP contribution in [0.25, 0.3) is 16.5 Å². The topological polar surface area (TPSA) is 25.2 Å². The Hall–Kier alpha value is -1.61. The molecule has 1 N–H and O–H groups in total. The van der Waals surface area contributed by atoms with E-state index in [2.05, 4.69) is 32.2 Å². The van der Waals surface area contributed by atoms with Gasteiger partial charge in [0, 0.05) is 10.9 Å². The monoisotopic (exact) mass is 275 g/mol. The van der Waals surface area contributed by atoms with Crippen molar-refractivity contribution in [1.29, 1.82) is 0 Å². The lowest BCUT2D eigenvalue weighted by molar-refractivity contribution is 0.431. The fourth-order valence-corrected chi connectivity index (χ4v) is 2.06.